The average Bonchev–Trinajstić information content (AvgIpc) is 2.35. The van der Waals surface area contributed by atoms with E-state index in [0.29, 0.717) is 0 Å². The second kappa shape index (κ2) is 7.84. The first-order valence-corrected chi connectivity index (χ1v) is 8.16. The highest BCUT2D eigenvalue weighted by Crippen LogP contribution is 2.10. The van der Waals surface area contributed by atoms with Gasteiger partial charge in [-0.05, 0) is 13.8 Å². The van der Waals surface area contributed by atoms with Crippen LogP contribution in [0.4, 0.5) is 0 Å². The molecule has 0 fully saturated rings. The third kappa shape index (κ3) is 5.29. The number of carbonyl (C=O) groups is 2. The zero-order valence-corrected chi connectivity index (χ0v) is 13.6. The van der Waals surface area contributed by atoms with Crippen LogP contribution in [0.2, 0.25) is 0 Å². The van der Waals surface area contributed by atoms with Crippen molar-refractivity contribution in [3.63, 3.8) is 0 Å². The second-order valence-corrected chi connectivity index (χ2v) is 7.68. The quantitative estimate of drug-likeness (QED) is 0.488. The molecule has 0 bridgehead atoms. The Morgan fingerprint density at radius 3 is 2.15 bits per heavy atom. The van der Waals surface area contributed by atoms with Gasteiger partial charge in [0.25, 0.3) is 0 Å². The number of hydrogen-bond acceptors (Lipinski definition) is 6. The van der Waals surface area contributed by atoms with Crippen LogP contribution in [-0.2, 0) is 24.3 Å². The first-order valence-electron chi connectivity index (χ1n) is 6.03. The topological polar surface area (TPSA) is 101 Å². The molecular formula is C11H21NO6S2. The van der Waals surface area contributed by atoms with Gasteiger partial charge in [-0.3, -0.25) is 4.79 Å². The maximum absolute atomic E-state index is 11.8. The average molecular weight is 327 g/mol. The molecule has 0 aliphatic heterocycles. The Balaban J connectivity index is 4.90. The number of ether oxygens (including phenoxy) is 1. The fraction of sp³-hybridized carbons (Fsp3) is 0.818. The highest BCUT2D eigenvalue weighted by Gasteiger charge is 2.31. The summed E-state index contributed by atoms with van der Waals surface area (Å²) in [6, 6.07) is 0. The summed E-state index contributed by atoms with van der Waals surface area (Å²) in [7, 11) is -2.35. The van der Waals surface area contributed by atoms with Crippen molar-refractivity contribution >= 4 is 34.6 Å². The van der Waals surface area contributed by atoms with Crippen molar-refractivity contribution in [3.8, 4) is 0 Å². The maximum Gasteiger partial charge on any atom is 0.346 e. The summed E-state index contributed by atoms with van der Waals surface area (Å²) in [5.74, 6) is -2.46. The van der Waals surface area contributed by atoms with Gasteiger partial charge in [0.1, 0.15) is 0 Å². The molecule has 0 heterocycles. The van der Waals surface area contributed by atoms with Crippen LogP contribution in [-0.4, -0.2) is 60.5 Å². The molecule has 0 radical (unpaired) electrons. The number of rotatable bonds is 8. The summed E-state index contributed by atoms with van der Waals surface area (Å²) in [4.78, 5) is 22.6. The summed E-state index contributed by atoms with van der Waals surface area (Å²) in [5, 5.41) is 8.33. The van der Waals surface area contributed by atoms with E-state index in [1.807, 2.05) is 0 Å². The van der Waals surface area contributed by atoms with Crippen molar-refractivity contribution < 1.29 is 27.9 Å². The molecule has 0 rings (SSSR count). The Hall–Kier alpha value is -0.800. The molecule has 0 aromatic heterocycles. The van der Waals surface area contributed by atoms with Gasteiger partial charge in [0.15, 0.2) is 0 Å². The minimum Gasteiger partial charge on any atom is -0.478 e. The fourth-order valence-corrected chi connectivity index (χ4v) is 2.41. The lowest BCUT2D eigenvalue weighted by atomic mass is 10.2. The van der Waals surface area contributed by atoms with Crippen LogP contribution in [0.3, 0.4) is 0 Å². The van der Waals surface area contributed by atoms with Crippen LogP contribution in [0.25, 0.3) is 0 Å². The van der Waals surface area contributed by atoms with Crippen LogP contribution >= 0.6 is 12.6 Å². The zero-order valence-electron chi connectivity index (χ0n) is 11.9. The van der Waals surface area contributed by atoms with E-state index in [1.165, 1.54) is 20.9 Å². The van der Waals surface area contributed by atoms with Gasteiger partial charge in [0.2, 0.25) is 16.1 Å². The molecule has 118 valence electrons. The summed E-state index contributed by atoms with van der Waals surface area (Å²) >= 11 is 3.92. The molecule has 0 aliphatic carbocycles. The fourth-order valence-electron chi connectivity index (χ4n) is 1.19. The number of carboxylic acids is 1. The third-order valence-corrected chi connectivity index (χ3v) is 5.42. The molecule has 0 aliphatic rings. The number of carbonyl (C=O) groups excluding carboxylic acids is 1. The summed E-state index contributed by atoms with van der Waals surface area (Å²) < 4.78 is 29.4. The molecule has 0 saturated carbocycles. The molecule has 1 N–H and O–H groups in total. The maximum atomic E-state index is 11.8. The highest BCUT2D eigenvalue weighted by atomic mass is 32.2. The van der Waals surface area contributed by atoms with Crippen LogP contribution in [0.15, 0.2) is 0 Å². The molecule has 20 heavy (non-hydrogen) atoms. The normalized spacial score (nSPS) is 15.2. The van der Waals surface area contributed by atoms with Gasteiger partial charge in [-0.25, -0.2) is 17.5 Å². The number of thiol groups is 1. The molecule has 7 nitrogen and oxygen atoms in total. The Bertz CT molecular complexity index is 448. The van der Waals surface area contributed by atoms with Crippen LogP contribution < -0.4 is 0 Å². The largest absolute Gasteiger partial charge is 0.478 e. The monoisotopic (exact) mass is 327 g/mol. The molecule has 0 aromatic carbocycles. The van der Waals surface area contributed by atoms with Crippen molar-refractivity contribution in [2.75, 3.05) is 19.3 Å². The number of aliphatic carboxylic acids is 1. The predicted molar refractivity (Wildman–Crippen MR) is 77.2 cm³/mol. The SMILES string of the molecule is CC(C)S(=O)(=O)N(C)CC(OC(=O)[C@H](C)CS)C(=O)O. The first kappa shape index (κ1) is 19.2. The smallest absolute Gasteiger partial charge is 0.346 e. The van der Waals surface area contributed by atoms with Gasteiger partial charge < -0.3 is 9.84 Å². The molecule has 0 aromatic rings. The van der Waals surface area contributed by atoms with Gasteiger partial charge in [-0.15, -0.1) is 0 Å². The van der Waals surface area contributed by atoms with E-state index in [9.17, 15) is 18.0 Å². The van der Waals surface area contributed by atoms with E-state index in [2.05, 4.69) is 12.6 Å². The van der Waals surface area contributed by atoms with Gasteiger partial charge in [0.05, 0.1) is 17.7 Å². The first-order chi connectivity index (χ1) is 9.03. The molecule has 1 unspecified atom stereocenters. The van der Waals surface area contributed by atoms with Crippen molar-refractivity contribution in [2.45, 2.75) is 32.1 Å². The lowest BCUT2D eigenvalue weighted by Crippen LogP contribution is -2.43. The standard InChI is InChI=1S/C11H21NO6S2/c1-7(2)20(16,17)12(4)5-9(10(13)14)18-11(15)8(3)6-19/h7-9,19H,5-6H2,1-4H3,(H,13,14)/t8-,9?/m1/s1. The Morgan fingerprint density at radius 2 is 1.80 bits per heavy atom. The van der Waals surface area contributed by atoms with Crippen molar-refractivity contribution in [3.05, 3.63) is 0 Å². The second-order valence-electron chi connectivity index (χ2n) is 4.72. The van der Waals surface area contributed by atoms with Crippen molar-refractivity contribution in [2.24, 2.45) is 5.92 Å². The molecule has 0 spiro atoms. The van der Waals surface area contributed by atoms with Crippen molar-refractivity contribution in [1.29, 1.82) is 0 Å². The van der Waals surface area contributed by atoms with E-state index >= 15 is 0 Å². The Morgan fingerprint density at radius 1 is 1.30 bits per heavy atom. The molecule has 0 amide bonds. The highest BCUT2D eigenvalue weighted by molar-refractivity contribution is 7.89. The number of sulfonamides is 1. The number of hydrogen-bond donors (Lipinski definition) is 2. The minimum absolute atomic E-state index is 0.214. The van der Waals surface area contributed by atoms with E-state index in [4.69, 9.17) is 9.84 Å². The number of likely N-dealkylation sites (N-methyl/N-ethyl adjacent to an activating group) is 1. The number of esters is 1. The molecule has 9 heteroatoms. The summed E-state index contributed by atoms with van der Waals surface area (Å²) in [5.41, 5.74) is 0. The third-order valence-electron chi connectivity index (χ3n) is 2.66. The summed E-state index contributed by atoms with van der Waals surface area (Å²) in [6.45, 7) is 4.08. The predicted octanol–water partition coefficient (Wildman–Crippen LogP) is 0.219. The number of carboxylic acid groups (broad SMARTS) is 1. The Labute approximate surface area is 124 Å². The Kier molecular flexibility index (Phi) is 7.53. The summed E-state index contributed by atoms with van der Waals surface area (Å²) in [6.07, 6.45) is -1.54. The lowest BCUT2D eigenvalue weighted by Gasteiger charge is -2.23. The van der Waals surface area contributed by atoms with Gasteiger partial charge >= 0.3 is 11.9 Å². The van der Waals surface area contributed by atoms with Crippen LogP contribution in [0.5, 0.6) is 0 Å². The van der Waals surface area contributed by atoms with Gasteiger partial charge in [0, 0.05) is 12.8 Å². The zero-order chi connectivity index (χ0) is 16.1. The van der Waals surface area contributed by atoms with Crippen molar-refractivity contribution in [1.82, 2.24) is 4.31 Å². The minimum atomic E-state index is -3.60. The molecular weight excluding hydrogens is 306 g/mol. The van der Waals surface area contributed by atoms with Crippen LogP contribution in [0, 0.1) is 5.92 Å². The number of nitrogens with zero attached hydrogens (tertiary/aromatic N) is 1. The van der Waals surface area contributed by atoms with E-state index in [-0.39, 0.29) is 5.75 Å². The lowest BCUT2D eigenvalue weighted by molar-refractivity contribution is -0.166. The molecule has 0 saturated heterocycles. The van der Waals surface area contributed by atoms with E-state index in [0.717, 1.165) is 4.31 Å². The van der Waals surface area contributed by atoms with E-state index < -0.39 is 45.8 Å². The van der Waals surface area contributed by atoms with Gasteiger partial charge in [-0.1, -0.05) is 6.92 Å². The van der Waals surface area contributed by atoms with Crippen LogP contribution in [0.1, 0.15) is 20.8 Å². The molecule has 2 atom stereocenters. The van der Waals surface area contributed by atoms with E-state index in [1.54, 1.807) is 6.92 Å². The van der Waals surface area contributed by atoms with Gasteiger partial charge in [-0.2, -0.15) is 12.6 Å².